The number of hydrogen-bond acceptors (Lipinski definition) is 7. The molecule has 1 atom stereocenters. The van der Waals surface area contributed by atoms with Crippen molar-refractivity contribution < 1.29 is 28.5 Å². The molecule has 2 N–H and O–H groups in total. The van der Waals surface area contributed by atoms with E-state index in [0.717, 1.165) is 5.56 Å². The molecule has 0 radical (unpaired) electrons. The smallest absolute Gasteiger partial charge is 0.319 e. The lowest BCUT2D eigenvalue weighted by Crippen LogP contribution is -2.30. The summed E-state index contributed by atoms with van der Waals surface area (Å²) in [6.07, 6.45) is 0. The molecule has 3 aromatic carbocycles. The molecule has 0 fully saturated rings. The van der Waals surface area contributed by atoms with Crippen molar-refractivity contribution in [3.63, 3.8) is 0 Å². The van der Waals surface area contributed by atoms with E-state index < -0.39 is 17.9 Å². The van der Waals surface area contributed by atoms with Crippen molar-refractivity contribution in [3.8, 4) is 17.2 Å². The lowest BCUT2D eigenvalue weighted by Gasteiger charge is -2.23. The molecule has 0 aliphatic rings. The molecule has 3 rings (SSSR count). The molecule has 0 aromatic heterocycles. The number of halogens is 1. The molecule has 0 heterocycles. The fourth-order valence-electron chi connectivity index (χ4n) is 3.59. The Labute approximate surface area is 209 Å². The second-order valence-electron chi connectivity index (χ2n) is 7.39. The maximum Gasteiger partial charge on any atom is 0.319 e. The SMILES string of the molecule is COC(=O)CN[C@@H](c1ccccc1)c1cc(Cl)ccc1NC(=O)c1cc(OC)c(OC)cc1OC. The van der Waals surface area contributed by atoms with Gasteiger partial charge in [-0.3, -0.25) is 14.9 Å². The van der Waals surface area contributed by atoms with Crippen LogP contribution in [0.2, 0.25) is 5.02 Å². The van der Waals surface area contributed by atoms with Crippen LogP contribution < -0.4 is 24.8 Å². The fourth-order valence-corrected chi connectivity index (χ4v) is 3.77. The summed E-state index contributed by atoms with van der Waals surface area (Å²) >= 11 is 6.33. The highest BCUT2D eigenvalue weighted by Gasteiger charge is 2.23. The molecule has 8 nitrogen and oxygen atoms in total. The second-order valence-corrected chi connectivity index (χ2v) is 7.83. The molecule has 9 heteroatoms. The van der Waals surface area contributed by atoms with Gasteiger partial charge in [0.2, 0.25) is 0 Å². The van der Waals surface area contributed by atoms with Crippen molar-refractivity contribution in [2.75, 3.05) is 40.3 Å². The van der Waals surface area contributed by atoms with Gasteiger partial charge in [0.1, 0.15) is 5.75 Å². The summed E-state index contributed by atoms with van der Waals surface area (Å²) in [4.78, 5) is 25.2. The number of ether oxygens (including phenoxy) is 4. The predicted octanol–water partition coefficient (Wildman–Crippen LogP) is 4.47. The van der Waals surface area contributed by atoms with E-state index in [2.05, 4.69) is 10.6 Å². The highest BCUT2D eigenvalue weighted by atomic mass is 35.5. The van der Waals surface area contributed by atoms with Gasteiger partial charge in [0.15, 0.2) is 11.5 Å². The van der Waals surface area contributed by atoms with Gasteiger partial charge >= 0.3 is 5.97 Å². The van der Waals surface area contributed by atoms with Gasteiger partial charge in [-0.15, -0.1) is 0 Å². The van der Waals surface area contributed by atoms with E-state index >= 15 is 0 Å². The third-order valence-electron chi connectivity index (χ3n) is 5.33. The number of rotatable bonds is 10. The Morgan fingerprint density at radius 3 is 2.14 bits per heavy atom. The average molecular weight is 499 g/mol. The summed E-state index contributed by atoms with van der Waals surface area (Å²) in [5, 5.41) is 6.61. The van der Waals surface area contributed by atoms with Crippen molar-refractivity contribution in [3.05, 3.63) is 82.4 Å². The zero-order valence-electron chi connectivity index (χ0n) is 19.9. The van der Waals surface area contributed by atoms with Gasteiger partial charge in [-0.05, 0) is 29.3 Å². The first-order chi connectivity index (χ1) is 16.9. The number of hydrogen-bond donors (Lipinski definition) is 2. The van der Waals surface area contributed by atoms with Crippen LogP contribution in [0.1, 0.15) is 27.5 Å². The Kier molecular flexibility index (Phi) is 8.94. The Morgan fingerprint density at radius 1 is 0.857 bits per heavy atom. The van der Waals surface area contributed by atoms with Crippen LogP contribution in [0.15, 0.2) is 60.7 Å². The number of nitrogens with one attached hydrogen (secondary N) is 2. The lowest BCUT2D eigenvalue weighted by molar-refractivity contribution is -0.139. The van der Waals surface area contributed by atoms with Crippen LogP contribution in [0, 0.1) is 0 Å². The highest BCUT2D eigenvalue weighted by Crippen LogP contribution is 2.36. The van der Waals surface area contributed by atoms with Crippen LogP contribution in [0.4, 0.5) is 5.69 Å². The summed E-state index contributed by atoms with van der Waals surface area (Å²) in [7, 11) is 5.78. The number of anilines is 1. The molecule has 0 aliphatic heterocycles. The van der Waals surface area contributed by atoms with Crippen molar-refractivity contribution in [1.29, 1.82) is 0 Å². The molecule has 0 saturated heterocycles. The number of carbonyl (C=O) groups is 2. The van der Waals surface area contributed by atoms with E-state index in [0.29, 0.717) is 33.5 Å². The molecule has 0 bridgehead atoms. The third-order valence-corrected chi connectivity index (χ3v) is 5.57. The Bertz CT molecular complexity index is 1190. The van der Waals surface area contributed by atoms with Gasteiger partial charge in [-0.25, -0.2) is 0 Å². The monoisotopic (exact) mass is 498 g/mol. The number of benzene rings is 3. The van der Waals surface area contributed by atoms with E-state index in [-0.39, 0.29) is 12.1 Å². The van der Waals surface area contributed by atoms with Crippen LogP contribution in [0.25, 0.3) is 0 Å². The number of esters is 1. The van der Waals surface area contributed by atoms with Gasteiger partial charge in [-0.2, -0.15) is 0 Å². The van der Waals surface area contributed by atoms with E-state index in [9.17, 15) is 9.59 Å². The van der Waals surface area contributed by atoms with Gasteiger partial charge in [0, 0.05) is 22.8 Å². The number of carbonyl (C=O) groups excluding carboxylic acids is 2. The van der Waals surface area contributed by atoms with Gasteiger partial charge in [-0.1, -0.05) is 41.9 Å². The van der Waals surface area contributed by atoms with Crippen LogP contribution in [0.5, 0.6) is 17.2 Å². The first-order valence-corrected chi connectivity index (χ1v) is 11.1. The molecular formula is C26H27ClN2O6. The molecular weight excluding hydrogens is 472 g/mol. The zero-order valence-corrected chi connectivity index (χ0v) is 20.6. The quantitative estimate of drug-likeness (QED) is 0.398. The van der Waals surface area contributed by atoms with Crippen molar-refractivity contribution in [2.45, 2.75) is 6.04 Å². The van der Waals surface area contributed by atoms with Crippen molar-refractivity contribution in [1.82, 2.24) is 5.32 Å². The first kappa shape index (κ1) is 25.9. The Morgan fingerprint density at radius 2 is 1.51 bits per heavy atom. The molecule has 35 heavy (non-hydrogen) atoms. The zero-order chi connectivity index (χ0) is 25.4. The average Bonchev–Trinajstić information content (AvgIpc) is 2.89. The molecule has 184 valence electrons. The highest BCUT2D eigenvalue weighted by molar-refractivity contribution is 6.30. The Hall–Kier alpha value is -3.75. The molecule has 1 amide bonds. The third kappa shape index (κ3) is 6.23. The number of methoxy groups -OCH3 is 4. The maximum atomic E-state index is 13.4. The summed E-state index contributed by atoms with van der Waals surface area (Å²) in [6.45, 7) is -0.0422. The minimum Gasteiger partial charge on any atom is -0.496 e. The summed E-state index contributed by atoms with van der Waals surface area (Å²) < 4.78 is 20.8. The normalized spacial score (nSPS) is 11.3. The minimum absolute atomic E-state index is 0.0422. The molecule has 0 aliphatic carbocycles. The minimum atomic E-state index is -0.461. The largest absolute Gasteiger partial charge is 0.496 e. The van der Waals surface area contributed by atoms with Gasteiger partial charge in [0.25, 0.3) is 5.91 Å². The van der Waals surface area contributed by atoms with E-state index in [4.69, 9.17) is 30.5 Å². The van der Waals surface area contributed by atoms with E-state index in [1.54, 1.807) is 30.3 Å². The van der Waals surface area contributed by atoms with E-state index in [1.165, 1.54) is 28.4 Å². The van der Waals surface area contributed by atoms with Gasteiger partial charge in [0.05, 0.1) is 46.6 Å². The topological polar surface area (TPSA) is 95.1 Å². The van der Waals surface area contributed by atoms with Crippen LogP contribution in [0.3, 0.4) is 0 Å². The molecule has 0 spiro atoms. The first-order valence-electron chi connectivity index (χ1n) is 10.7. The summed E-state index contributed by atoms with van der Waals surface area (Å²) in [6, 6.07) is 17.3. The summed E-state index contributed by atoms with van der Waals surface area (Å²) in [5.74, 6) is 0.291. The van der Waals surface area contributed by atoms with E-state index in [1.807, 2.05) is 30.3 Å². The Balaban J connectivity index is 2.03. The molecule has 3 aromatic rings. The van der Waals surface area contributed by atoms with Crippen LogP contribution in [-0.2, 0) is 9.53 Å². The standard InChI is InChI=1S/C26H27ClN2O6/c1-32-21-14-23(34-3)22(33-2)13-19(21)26(31)29-20-11-10-17(27)12-18(20)25(28-15-24(30)35-4)16-8-6-5-7-9-16/h5-14,25,28H,15H2,1-4H3,(H,29,31)/t25-/m0/s1. The fraction of sp³-hybridized carbons (Fsp3) is 0.231. The van der Waals surface area contributed by atoms with Crippen molar-refractivity contribution >= 4 is 29.2 Å². The lowest BCUT2D eigenvalue weighted by atomic mass is 9.96. The molecule has 0 saturated carbocycles. The summed E-state index contributed by atoms with van der Waals surface area (Å²) in [5.41, 5.74) is 2.30. The van der Waals surface area contributed by atoms with Crippen molar-refractivity contribution in [2.24, 2.45) is 0 Å². The van der Waals surface area contributed by atoms with Crippen LogP contribution >= 0.6 is 11.6 Å². The van der Waals surface area contributed by atoms with Gasteiger partial charge < -0.3 is 24.3 Å². The number of amides is 1. The molecule has 0 unspecified atom stereocenters. The maximum absolute atomic E-state index is 13.4. The predicted molar refractivity (Wildman–Crippen MR) is 134 cm³/mol. The van der Waals surface area contributed by atoms with Crippen LogP contribution in [-0.4, -0.2) is 46.9 Å². The second kappa shape index (κ2) is 12.1.